The van der Waals surface area contributed by atoms with E-state index in [0.29, 0.717) is 12.5 Å². The molecule has 1 aliphatic rings. The molecule has 0 aliphatic carbocycles. The van der Waals surface area contributed by atoms with Gasteiger partial charge >= 0.3 is 0 Å². The van der Waals surface area contributed by atoms with Crippen molar-refractivity contribution >= 4 is 10.7 Å². The SMILES string of the molecule is NCc1ccc(C2CCN(C[SH](=O)=O)CC2)cc1. The third-order valence-electron chi connectivity index (χ3n) is 3.59. The molecule has 5 heteroatoms. The lowest BCUT2D eigenvalue weighted by Gasteiger charge is -2.30. The lowest BCUT2D eigenvalue weighted by molar-refractivity contribution is 0.242. The predicted octanol–water partition coefficient (Wildman–Crippen LogP) is 0.894. The second-order valence-electron chi connectivity index (χ2n) is 4.81. The summed E-state index contributed by atoms with van der Waals surface area (Å²) in [5.41, 5.74) is 8.08. The Morgan fingerprint density at radius 2 is 1.78 bits per heavy atom. The minimum absolute atomic E-state index is 0.203. The van der Waals surface area contributed by atoms with Gasteiger partial charge in [0.1, 0.15) is 0 Å². The smallest absolute Gasteiger partial charge is 0.153 e. The summed E-state index contributed by atoms with van der Waals surface area (Å²) in [6, 6.07) is 8.46. The Labute approximate surface area is 110 Å². The highest BCUT2D eigenvalue weighted by Crippen LogP contribution is 2.27. The summed E-state index contributed by atoms with van der Waals surface area (Å²) in [5, 5.41) is 0. The average Bonchev–Trinajstić information content (AvgIpc) is 2.39. The standard InChI is InChI=1S/C13H20N2O2S/c14-9-11-1-3-12(4-2-11)13-5-7-15(8-6-13)10-18(16)17/h1-4,13,18H,5-10,14H2. The number of hydrogen-bond donors (Lipinski definition) is 2. The molecule has 1 saturated heterocycles. The Hall–Kier alpha value is -0.910. The first-order chi connectivity index (χ1) is 8.69. The molecule has 2 rings (SSSR count). The van der Waals surface area contributed by atoms with Gasteiger partial charge < -0.3 is 5.73 Å². The maximum absolute atomic E-state index is 10.7. The molecule has 0 saturated carbocycles. The van der Waals surface area contributed by atoms with Crippen molar-refractivity contribution in [3.63, 3.8) is 0 Å². The van der Waals surface area contributed by atoms with Crippen LogP contribution in [-0.4, -0.2) is 32.3 Å². The van der Waals surface area contributed by atoms with Crippen molar-refractivity contribution in [2.75, 3.05) is 19.0 Å². The van der Waals surface area contributed by atoms with E-state index in [2.05, 4.69) is 24.3 Å². The maximum atomic E-state index is 10.7. The van der Waals surface area contributed by atoms with Crippen molar-refractivity contribution in [1.82, 2.24) is 4.90 Å². The Morgan fingerprint density at radius 1 is 1.17 bits per heavy atom. The lowest BCUT2D eigenvalue weighted by Crippen LogP contribution is -2.34. The summed E-state index contributed by atoms with van der Waals surface area (Å²) in [5.74, 6) is 0.756. The summed E-state index contributed by atoms with van der Waals surface area (Å²) in [6.45, 7) is 2.31. The number of hydrogen-bond acceptors (Lipinski definition) is 4. The minimum Gasteiger partial charge on any atom is -0.326 e. The third-order valence-corrected chi connectivity index (χ3v) is 4.22. The van der Waals surface area contributed by atoms with Crippen molar-refractivity contribution in [3.05, 3.63) is 35.4 Å². The van der Waals surface area contributed by atoms with Gasteiger partial charge in [0.2, 0.25) is 0 Å². The maximum Gasteiger partial charge on any atom is 0.153 e. The third kappa shape index (κ3) is 3.54. The fraction of sp³-hybridized carbons (Fsp3) is 0.538. The molecule has 18 heavy (non-hydrogen) atoms. The molecule has 0 radical (unpaired) electrons. The Morgan fingerprint density at radius 3 is 2.28 bits per heavy atom. The van der Waals surface area contributed by atoms with Gasteiger partial charge in [-0.2, -0.15) is 0 Å². The van der Waals surface area contributed by atoms with Gasteiger partial charge in [0.15, 0.2) is 10.7 Å². The van der Waals surface area contributed by atoms with Crippen LogP contribution in [0.4, 0.5) is 0 Å². The van der Waals surface area contributed by atoms with E-state index >= 15 is 0 Å². The average molecular weight is 268 g/mol. The number of thiol groups is 1. The van der Waals surface area contributed by atoms with Crippen LogP contribution in [0.1, 0.15) is 29.9 Å². The molecule has 0 bridgehead atoms. The van der Waals surface area contributed by atoms with Gasteiger partial charge in [0.05, 0.1) is 5.88 Å². The number of piperidine rings is 1. The normalized spacial score (nSPS) is 18.3. The van der Waals surface area contributed by atoms with Crippen molar-refractivity contribution < 1.29 is 8.42 Å². The Bertz CT molecular complexity index is 441. The molecular formula is C13H20N2O2S. The molecule has 0 aromatic heterocycles. The van der Waals surface area contributed by atoms with E-state index in [1.165, 1.54) is 5.56 Å². The van der Waals surface area contributed by atoms with Crippen LogP contribution < -0.4 is 5.73 Å². The van der Waals surface area contributed by atoms with E-state index in [9.17, 15) is 8.42 Å². The van der Waals surface area contributed by atoms with Gasteiger partial charge in [-0.3, -0.25) is 4.90 Å². The quantitative estimate of drug-likeness (QED) is 0.796. The van der Waals surface area contributed by atoms with Crippen LogP contribution in [0.2, 0.25) is 0 Å². The molecule has 0 amide bonds. The molecule has 100 valence electrons. The molecule has 4 nitrogen and oxygen atoms in total. The number of likely N-dealkylation sites (tertiary alicyclic amines) is 1. The summed E-state index contributed by atoms with van der Waals surface area (Å²) in [4.78, 5) is 2.01. The first kappa shape index (κ1) is 13.5. The molecule has 0 spiro atoms. The number of nitrogens with two attached hydrogens (primary N) is 1. The highest BCUT2D eigenvalue weighted by molar-refractivity contribution is 7.72. The first-order valence-corrected chi connectivity index (χ1v) is 7.68. The van der Waals surface area contributed by atoms with Crippen molar-refractivity contribution in [2.24, 2.45) is 5.73 Å². The largest absolute Gasteiger partial charge is 0.326 e. The molecule has 1 aromatic carbocycles. The van der Waals surface area contributed by atoms with Crippen molar-refractivity contribution in [1.29, 1.82) is 0 Å². The summed E-state index contributed by atoms with van der Waals surface area (Å²) >= 11 is 0. The molecule has 1 aliphatic heterocycles. The molecule has 2 N–H and O–H groups in total. The van der Waals surface area contributed by atoms with Crippen LogP contribution in [0.3, 0.4) is 0 Å². The Kier molecular flexibility index (Phi) is 4.74. The topological polar surface area (TPSA) is 63.4 Å². The van der Waals surface area contributed by atoms with E-state index in [-0.39, 0.29) is 5.88 Å². The van der Waals surface area contributed by atoms with Crippen LogP contribution in [-0.2, 0) is 17.2 Å². The zero-order valence-electron chi connectivity index (χ0n) is 10.4. The van der Waals surface area contributed by atoms with Gasteiger partial charge in [-0.05, 0) is 43.0 Å². The van der Waals surface area contributed by atoms with Crippen molar-refractivity contribution in [3.8, 4) is 0 Å². The van der Waals surface area contributed by atoms with Crippen LogP contribution >= 0.6 is 0 Å². The van der Waals surface area contributed by atoms with Crippen LogP contribution in [0, 0.1) is 0 Å². The van der Waals surface area contributed by atoms with E-state index in [1.807, 2.05) is 4.90 Å². The molecule has 0 atom stereocenters. The van der Waals surface area contributed by atoms with Crippen molar-refractivity contribution in [2.45, 2.75) is 25.3 Å². The minimum atomic E-state index is -2.29. The second-order valence-corrected chi connectivity index (χ2v) is 5.76. The zero-order valence-corrected chi connectivity index (χ0v) is 11.3. The molecule has 1 heterocycles. The monoisotopic (exact) mass is 268 g/mol. The van der Waals surface area contributed by atoms with Crippen LogP contribution in [0.25, 0.3) is 0 Å². The summed E-state index contributed by atoms with van der Waals surface area (Å²) in [6.07, 6.45) is 2.07. The van der Waals surface area contributed by atoms with Crippen LogP contribution in [0.5, 0.6) is 0 Å². The molecule has 0 unspecified atom stereocenters. The van der Waals surface area contributed by atoms with Crippen LogP contribution in [0.15, 0.2) is 24.3 Å². The predicted molar refractivity (Wildman–Crippen MR) is 73.1 cm³/mol. The molecule has 1 aromatic rings. The number of rotatable bonds is 4. The van der Waals surface area contributed by atoms with E-state index in [4.69, 9.17) is 5.73 Å². The van der Waals surface area contributed by atoms with Gasteiger partial charge in [0, 0.05) is 6.54 Å². The second kappa shape index (κ2) is 6.31. The van der Waals surface area contributed by atoms with Gasteiger partial charge in [0.25, 0.3) is 0 Å². The number of benzene rings is 1. The highest BCUT2D eigenvalue weighted by Gasteiger charge is 2.20. The van der Waals surface area contributed by atoms with E-state index < -0.39 is 10.7 Å². The van der Waals surface area contributed by atoms with Gasteiger partial charge in [-0.1, -0.05) is 24.3 Å². The van der Waals surface area contributed by atoms with Gasteiger partial charge in [-0.15, -0.1) is 0 Å². The molecular weight excluding hydrogens is 248 g/mol. The summed E-state index contributed by atoms with van der Waals surface area (Å²) in [7, 11) is -2.29. The Balaban J connectivity index is 1.92. The first-order valence-electron chi connectivity index (χ1n) is 6.32. The fourth-order valence-corrected chi connectivity index (χ4v) is 3.11. The molecule has 1 fully saturated rings. The lowest BCUT2D eigenvalue weighted by atomic mass is 9.89. The zero-order chi connectivity index (χ0) is 13.0. The van der Waals surface area contributed by atoms with E-state index in [0.717, 1.165) is 31.5 Å². The highest BCUT2D eigenvalue weighted by atomic mass is 32.2. The van der Waals surface area contributed by atoms with E-state index in [1.54, 1.807) is 0 Å². The fourth-order valence-electron chi connectivity index (χ4n) is 2.50. The van der Waals surface area contributed by atoms with Gasteiger partial charge in [-0.25, -0.2) is 8.42 Å². The number of nitrogens with zero attached hydrogens (tertiary/aromatic N) is 1. The summed E-state index contributed by atoms with van der Waals surface area (Å²) < 4.78 is 21.3.